The van der Waals surface area contributed by atoms with E-state index in [1.165, 1.54) is 0 Å². The van der Waals surface area contributed by atoms with Crippen LogP contribution >= 0.6 is 0 Å². The fraction of sp³-hybridized carbons (Fsp3) is 0.273. The van der Waals surface area contributed by atoms with E-state index in [9.17, 15) is 4.79 Å². The number of allylic oxidation sites excluding steroid dienone is 2. The lowest BCUT2D eigenvalue weighted by Crippen LogP contribution is -2.32. The second-order valence-corrected chi connectivity index (χ2v) is 6.24. The molecular weight excluding hydrogens is 356 g/mol. The number of esters is 1. The predicted octanol–water partition coefficient (Wildman–Crippen LogP) is 4.13. The second-order valence-electron chi connectivity index (χ2n) is 6.24. The standard InChI is InChI=1S/C22H24N2O4/c1-5-28-22(25)21-19(18-8-6-7-9-20(18)27-4)14-15(2)24(23-21)16-10-12-17(26-3)13-11-16/h6-14,19H,5H2,1-4H3/t19-/m1/s1. The average Bonchev–Trinajstić information content (AvgIpc) is 2.73. The summed E-state index contributed by atoms with van der Waals surface area (Å²) in [5.41, 5.74) is 2.90. The number of hydrogen-bond donors (Lipinski definition) is 0. The van der Waals surface area contributed by atoms with Crippen molar-refractivity contribution in [1.82, 2.24) is 0 Å². The summed E-state index contributed by atoms with van der Waals surface area (Å²) in [5, 5.41) is 6.38. The summed E-state index contributed by atoms with van der Waals surface area (Å²) < 4.78 is 16.0. The zero-order valence-electron chi connectivity index (χ0n) is 16.5. The number of hydrazone groups is 1. The lowest BCUT2D eigenvalue weighted by atomic mass is 9.91. The van der Waals surface area contributed by atoms with Crippen LogP contribution in [0.3, 0.4) is 0 Å². The number of ether oxygens (including phenoxy) is 3. The number of carbonyl (C=O) groups is 1. The molecule has 0 aliphatic carbocycles. The normalized spacial score (nSPS) is 16.1. The van der Waals surface area contributed by atoms with Crippen LogP contribution in [0, 0.1) is 0 Å². The highest BCUT2D eigenvalue weighted by molar-refractivity contribution is 6.39. The highest BCUT2D eigenvalue weighted by Crippen LogP contribution is 2.35. The van der Waals surface area contributed by atoms with Crippen molar-refractivity contribution in [3.8, 4) is 11.5 Å². The molecule has 1 atom stereocenters. The van der Waals surface area contributed by atoms with Gasteiger partial charge in [-0.15, -0.1) is 0 Å². The Kier molecular flexibility index (Phi) is 5.99. The van der Waals surface area contributed by atoms with E-state index in [0.29, 0.717) is 11.5 Å². The van der Waals surface area contributed by atoms with Gasteiger partial charge in [0.1, 0.15) is 11.5 Å². The fourth-order valence-electron chi connectivity index (χ4n) is 3.16. The quantitative estimate of drug-likeness (QED) is 0.705. The lowest BCUT2D eigenvalue weighted by molar-refractivity contribution is -0.135. The van der Waals surface area contributed by atoms with Gasteiger partial charge in [0.05, 0.1) is 32.4 Å². The third kappa shape index (κ3) is 3.86. The van der Waals surface area contributed by atoms with Crippen molar-refractivity contribution in [2.45, 2.75) is 19.8 Å². The van der Waals surface area contributed by atoms with Gasteiger partial charge in [-0.05, 0) is 50.3 Å². The van der Waals surface area contributed by atoms with Crippen LogP contribution in [0.1, 0.15) is 25.3 Å². The van der Waals surface area contributed by atoms with E-state index in [0.717, 1.165) is 22.7 Å². The fourth-order valence-corrected chi connectivity index (χ4v) is 3.16. The maximum absolute atomic E-state index is 12.7. The molecule has 3 rings (SSSR count). The molecule has 0 saturated carbocycles. The molecule has 0 bridgehead atoms. The Hall–Kier alpha value is -3.28. The molecular formula is C22H24N2O4. The number of nitrogens with zero attached hydrogens (tertiary/aromatic N) is 2. The highest BCUT2D eigenvalue weighted by Gasteiger charge is 2.32. The van der Waals surface area contributed by atoms with Gasteiger partial charge in [0.25, 0.3) is 0 Å². The molecule has 146 valence electrons. The summed E-state index contributed by atoms with van der Waals surface area (Å²) in [6, 6.07) is 15.1. The molecule has 6 nitrogen and oxygen atoms in total. The topological polar surface area (TPSA) is 60.4 Å². The summed E-state index contributed by atoms with van der Waals surface area (Å²) in [7, 11) is 3.24. The number of benzene rings is 2. The SMILES string of the molecule is CCOC(=O)C1=NN(c2ccc(OC)cc2)C(C)=C[C@@H]1c1ccccc1OC. The van der Waals surface area contributed by atoms with Crippen molar-refractivity contribution in [2.24, 2.45) is 5.10 Å². The zero-order chi connectivity index (χ0) is 20.1. The van der Waals surface area contributed by atoms with Crippen LogP contribution in [-0.4, -0.2) is 32.5 Å². The maximum Gasteiger partial charge on any atom is 0.355 e. The van der Waals surface area contributed by atoms with Crippen LogP contribution in [0.2, 0.25) is 0 Å². The average molecular weight is 380 g/mol. The smallest absolute Gasteiger partial charge is 0.355 e. The summed E-state index contributed by atoms with van der Waals surface area (Å²) in [5.74, 6) is 0.653. The third-order valence-corrected chi connectivity index (χ3v) is 4.52. The van der Waals surface area contributed by atoms with Gasteiger partial charge >= 0.3 is 5.97 Å². The Bertz CT molecular complexity index is 903. The third-order valence-electron chi connectivity index (χ3n) is 4.52. The summed E-state index contributed by atoms with van der Waals surface area (Å²) >= 11 is 0. The largest absolute Gasteiger partial charge is 0.497 e. The molecule has 6 heteroatoms. The summed E-state index contributed by atoms with van der Waals surface area (Å²) in [6.07, 6.45) is 2.00. The minimum absolute atomic E-state index is 0.279. The molecule has 0 fully saturated rings. The maximum atomic E-state index is 12.7. The first-order valence-corrected chi connectivity index (χ1v) is 9.10. The molecule has 28 heavy (non-hydrogen) atoms. The summed E-state index contributed by atoms with van der Waals surface area (Å²) in [6.45, 7) is 4.02. The first-order valence-electron chi connectivity index (χ1n) is 9.10. The minimum atomic E-state index is -0.444. The van der Waals surface area contributed by atoms with Crippen LogP contribution in [0.5, 0.6) is 11.5 Å². The highest BCUT2D eigenvalue weighted by atomic mass is 16.5. The predicted molar refractivity (Wildman–Crippen MR) is 109 cm³/mol. The lowest BCUT2D eigenvalue weighted by Gasteiger charge is -2.29. The molecule has 0 saturated heterocycles. The van der Waals surface area contributed by atoms with Crippen LogP contribution in [-0.2, 0) is 9.53 Å². The molecule has 0 radical (unpaired) electrons. The minimum Gasteiger partial charge on any atom is -0.497 e. The number of hydrogen-bond acceptors (Lipinski definition) is 6. The number of carbonyl (C=O) groups excluding carboxylic acids is 1. The van der Waals surface area contributed by atoms with Crippen LogP contribution in [0.4, 0.5) is 5.69 Å². The van der Waals surface area contributed by atoms with E-state index >= 15 is 0 Å². The van der Waals surface area contributed by atoms with Crippen molar-refractivity contribution in [1.29, 1.82) is 0 Å². The van der Waals surface area contributed by atoms with Crippen LogP contribution in [0.15, 0.2) is 65.4 Å². The van der Waals surface area contributed by atoms with Crippen molar-refractivity contribution in [3.63, 3.8) is 0 Å². The number of para-hydroxylation sites is 1. The molecule has 0 aromatic heterocycles. The first-order chi connectivity index (χ1) is 13.6. The van der Waals surface area contributed by atoms with Gasteiger partial charge in [-0.3, -0.25) is 0 Å². The molecule has 0 N–H and O–H groups in total. The molecule has 1 aliphatic heterocycles. The molecule has 2 aromatic rings. The van der Waals surface area contributed by atoms with Crippen molar-refractivity contribution in [3.05, 3.63) is 65.9 Å². The molecule has 0 amide bonds. The van der Waals surface area contributed by atoms with Crippen molar-refractivity contribution in [2.75, 3.05) is 25.8 Å². The number of anilines is 1. The Labute approximate surface area is 165 Å². The van der Waals surface area contributed by atoms with Gasteiger partial charge < -0.3 is 14.2 Å². The van der Waals surface area contributed by atoms with Gasteiger partial charge in [0.15, 0.2) is 5.71 Å². The van der Waals surface area contributed by atoms with E-state index < -0.39 is 5.97 Å². The molecule has 0 unspecified atom stereocenters. The monoisotopic (exact) mass is 380 g/mol. The molecule has 1 heterocycles. The summed E-state index contributed by atoms with van der Waals surface area (Å²) in [4.78, 5) is 12.7. The van der Waals surface area contributed by atoms with Gasteiger partial charge in [-0.2, -0.15) is 5.10 Å². The van der Waals surface area contributed by atoms with E-state index in [2.05, 4.69) is 5.10 Å². The van der Waals surface area contributed by atoms with Crippen molar-refractivity contribution >= 4 is 17.4 Å². The molecule has 0 spiro atoms. The molecule has 1 aliphatic rings. The van der Waals surface area contributed by atoms with Gasteiger partial charge in [-0.25, -0.2) is 9.80 Å². The van der Waals surface area contributed by atoms with Gasteiger partial charge in [-0.1, -0.05) is 18.2 Å². The first kappa shape index (κ1) is 19.5. The van der Waals surface area contributed by atoms with Gasteiger partial charge in [0.2, 0.25) is 0 Å². The Morgan fingerprint density at radius 1 is 1.07 bits per heavy atom. The Morgan fingerprint density at radius 2 is 1.79 bits per heavy atom. The van der Waals surface area contributed by atoms with Crippen molar-refractivity contribution < 1.29 is 19.0 Å². The Balaban J connectivity index is 2.05. The number of rotatable bonds is 6. The van der Waals surface area contributed by atoms with E-state index in [1.807, 2.05) is 61.5 Å². The van der Waals surface area contributed by atoms with E-state index in [-0.39, 0.29) is 12.5 Å². The Morgan fingerprint density at radius 3 is 2.43 bits per heavy atom. The van der Waals surface area contributed by atoms with E-state index in [4.69, 9.17) is 14.2 Å². The van der Waals surface area contributed by atoms with Crippen LogP contribution in [0.25, 0.3) is 0 Å². The number of methoxy groups -OCH3 is 2. The second kappa shape index (κ2) is 8.61. The van der Waals surface area contributed by atoms with E-state index in [1.54, 1.807) is 26.2 Å². The molecule has 2 aromatic carbocycles. The van der Waals surface area contributed by atoms with Gasteiger partial charge in [0, 0.05) is 11.3 Å². The van der Waals surface area contributed by atoms with Crippen LogP contribution < -0.4 is 14.5 Å². The zero-order valence-corrected chi connectivity index (χ0v) is 16.5.